The normalized spacial score (nSPS) is 15.5. The van der Waals surface area contributed by atoms with E-state index in [-0.39, 0.29) is 0 Å². The van der Waals surface area contributed by atoms with Gasteiger partial charge in [0, 0.05) is 23.6 Å². The second kappa shape index (κ2) is 8.64. The zero-order chi connectivity index (χ0) is 21.1. The van der Waals surface area contributed by atoms with Crippen LogP contribution in [0.25, 0.3) is 22.5 Å². The van der Waals surface area contributed by atoms with E-state index in [4.69, 9.17) is 4.98 Å². The Morgan fingerprint density at radius 3 is 2.37 bits per heavy atom. The van der Waals surface area contributed by atoms with Crippen LogP contribution in [0, 0.1) is 0 Å². The molecule has 1 saturated heterocycles. The minimum absolute atomic E-state index is 0.305. The van der Waals surface area contributed by atoms with Crippen LogP contribution in [-0.4, -0.2) is 22.6 Å². The van der Waals surface area contributed by atoms with Crippen molar-refractivity contribution < 1.29 is 13.2 Å². The fraction of sp³-hybridized carbons (Fsp3) is 0.375. The zero-order valence-corrected chi connectivity index (χ0v) is 17.0. The molecule has 1 fully saturated rings. The monoisotopic (exact) mass is 413 g/mol. The summed E-state index contributed by atoms with van der Waals surface area (Å²) in [5, 5.41) is 3.38. The fourth-order valence-electron chi connectivity index (χ4n) is 4.24. The molecule has 0 bridgehead atoms. The van der Waals surface area contributed by atoms with Crippen molar-refractivity contribution in [3.8, 4) is 22.5 Å². The first-order valence-electron chi connectivity index (χ1n) is 10.5. The first-order valence-corrected chi connectivity index (χ1v) is 10.5. The highest BCUT2D eigenvalue weighted by Gasteiger charge is 2.32. The van der Waals surface area contributed by atoms with Gasteiger partial charge in [0.2, 0.25) is 0 Å². The Morgan fingerprint density at radius 2 is 1.70 bits per heavy atom. The Hall–Kier alpha value is -2.60. The van der Waals surface area contributed by atoms with Crippen molar-refractivity contribution in [3.63, 3.8) is 0 Å². The number of alkyl halides is 3. The van der Waals surface area contributed by atoms with Crippen LogP contribution in [0.4, 0.5) is 13.2 Å². The molecule has 158 valence electrons. The van der Waals surface area contributed by atoms with Gasteiger partial charge in [-0.1, -0.05) is 49.4 Å². The number of piperidine rings is 1. The van der Waals surface area contributed by atoms with E-state index < -0.39 is 11.7 Å². The number of nitrogens with zero attached hydrogens (tertiary/aromatic N) is 2. The Morgan fingerprint density at radius 1 is 1.00 bits per heavy atom. The van der Waals surface area contributed by atoms with E-state index in [0.717, 1.165) is 62.0 Å². The minimum Gasteiger partial charge on any atom is -0.327 e. The van der Waals surface area contributed by atoms with Crippen molar-refractivity contribution >= 4 is 0 Å². The molecule has 6 heteroatoms. The smallest absolute Gasteiger partial charge is 0.327 e. The van der Waals surface area contributed by atoms with Crippen LogP contribution in [0.3, 0.4) is 0 Å². The first-order chi connectivity index (χ1) is 14.5. The summed E-state index contributed by atoms with van der Waals surface area (Å²) in [6, 6.07) is 15.4. The molecule has 0 unspecified atom stereocenters. The summed E-state index contributed by atoms with van der Waals surface area (Å²) in [6.45, 7) is 4.77. The number of nitrogens with one attached hydrogen (secondary N) is 1. The lowest BCUT2D eigenvalue weighted by molar-refractivity contribution is -0.137. The maximum absolute atomic E-state index is 13.4. The maximum Gasteiger partial charge on any atom is 0.416 e. The van der Waals surface area contributed by atoms with Gasteiger partial charge >= 0.3 is 6.18 Å². The van der Waals surface area contributed by atoms with Crippen LogP contribution in [-0.2, 0) is 12.7 Å². The van der Waals surface area contributed by atoms with E-state index in [1.165, 1.54) is 12.1 Å². The third-order valence-electron chi connectivity index (χ3n) is 5.66. The second-order valence-electron chi connectivity index (χ2n) is 7.79. The fourth-order valence-corrected chi connectivity index (χ4v) is 4.24. The largest absolute Gasteiger partial charge is 0.416 e. The van der Waals surface area contributed by atoms with Crippen molar-refractivity contribution in [3.05, 3.63) is 66.0 Å². The van der Waals surface area contributed by atoms with Crippen LogP contribution in [0.15, 0.2) is 54.6 Å². The van der Waals surface area contributed by atoms with Gasteiger partial charge in [0.25, 0.3) is 0 Å². The van der Waals surface area contributed by atoms with Gasteiger partial charge in [0.05, 0.1) is 17.0 Å². The van der Waals surface area contributed by atoms with Crippen molar-refractivity contribution in [1.29, 1.82) is 0 Å². The van der Waals surface area contributed by atoms with E-state index in [2.05, 4.69) is 16.8 Å². The predicted octanol–water partition coefficient (Wildman–Crippen LogP) is 6.11. The van der Waals surface area contributed by atoms with E-state index >= 15 is 0 Å². The molecule has 1 aliphatic heterocycles. The summed E-state index contributed by atoms with van der Waals surface area (Å²) in [4.78, 5) is 4.99. The molecule has 2 heterocycles. The number of imidazole rings is 1. The van der Waals surface area contributed by atoms with E-state index in [0.29, 0.717) is 17.2 Å². The standard InChI is InChI=1S/C24H26F3N3/c1-2-15-30-22(17-7-4-3-5-8-17)21(29-23(30)18-11-13-28-14-12-18)19-9-6-10-20(16-19)24(25,26)27/h3-10,16,18,28H,2,11-15H2,1H3. The topological polar surface area (TPSA) is 29.9 Å². The van der Waals surface area contributed by atoms with Crippen LogP contribution in [0.2, 0.25) is 0 Å². The molecule has 0 radical (unpaired) electrons. The Balaban J connectivity index is 1.93. The zero-order valence-electron chi connectivity index (χ0n) is 17.0. The van der Waals surface area contributed by atoms with Gasteiger partial charge in [-0.25, -0.2) is 4.98 Å². The lowest BCUT2D eigenvalue weighted by atomic mass is 9.97. The maximum atomic E-state index is 13.4. The number of halogens is 3. The molecule has 0 aliphatic carbocycles. The van der Waals surface area contributed by atoms with Gasteiger partial charge < -0.3 is 9.88 Å². The van der Waals surface area contributed by atoms with Crippen LogP contribution < -0.4 is 5.32 Å². The number of hydrogen-bond acceptors (Lipinski definition) is 2. The van der Waals surface area contributed by atoms with Crippen LogP contribution >= 0.6 is 0 Å². The average molecular weight is 413 g/mol. The Kier molecular flexibility index (Phi) is 5.95. The molecule has 3 nitrogen and oxygen atoms in total. The van der Waals surface area contributed by atoms with E-state index in [1.807, 2.05) is 30.3 Å². The first kappa shape index (κ1) is 20.7. The molecule has 0 atom stereocenters. The van der Waals surface area contributed by atoms with Crippen molar-refractivity contribution in [2.24, 2.45) is 0 Å². The number of rotatable bonds is 5. The number of aromatic nitrogens is 2. The van der Waals surface area contributed by atoms with Gasteiger partial charge in [-0.05, 0) is 44.5 Å². The van der Waals surface area contributed by atoms with Gasteiger partial charge in [0.15, 0.2) is 0 Å². The van der Waals surface area contributed by atoms with E-state index in [1.54, 1.807) is 6.07 Å². The minimum atomic E-state index is -4.38. The van der Waals surface area contributed by atoms with Crippen molar-refractivity contribution in [2.75, 3.05) is 13.1 Å². The number of hydrogen-bond donors (Lipinski definition) is 1. The molecule has 1 N–H and O–H groups in total. The summed E-state index contributed by atoms with van der Waals surface area (Å²) < 4.78 is 42.3. The second-order valence-corrected chi connectivity index (χ2v) is 7.79. The third-order valence-corrected chi connectivity index (χ3v) is 5.66. The third kappa shape index (κ3) is 4.15. The van der Waals surface area contributed by atoms with Gasteiger partial charge in [0.1, 0.15) is 5.82 Å². The number of benzene rings is 2. The van der Waals surface area contributed by atoms with Crippen LogP contribution in [0.5, 0.6) is 0 Å². The molecule has 1 aromatic heterocycles. The average Bonchev–Trinajstić information content (AvgIpc) is 3.14. The lowest BCUT2D eigenvalue weighted by Gasteiger charge is -2.23. The molecule has 0 saturated carbocycles. The highest BCUT2D eigenvalue weighted by atomic mass is 19.4. The lowest BCUT2D eigenvalue weighted by Crippen LogP contribution is -2.28. The van der Waals surface area contributed by atoms with Gasteiger partial charge in [-0.2, -0.15) is 13.2 Å². The molecular formula is C24H26F3N3. The molecule has 30 heavy (non-hydrogen) atoms. The SMILES string of the molecule is CCCn1c(C2CCNCC2)nc(-c2cccc(C(F)(F)F)c2)c1-c1ccccc1. The summed E-state index contributed by atoms with van der Waals surface area (Å²) in [6.07, 6.45) is -1.49. The summed E-state index contributed by atoms with van der Waals surface area (Å²) in [7, 11) is 0. The molecule has 3 aromatic rings. The van der Waals surface area contributed by atoms with Crippen LogP contribution in [0.1, 0.15) is 43.5 Å². The molecule has 4 rings (SSSR count). The molecule has 2 aromatic carbocycles. The molecule has 1 aliphatic rings. The van der Waals surface area contributed by atoms with Crippen molar-refractivity contribution in [2.45, 2.75) is 44.8 Å². The summed E-state index contributed by atoms with van der Waals surface area (Å²) >= 11 is 0. The Bertz CT molecular complexity index is 987. The van der Waals surface area contributed by atoms with Crippen molar-refractivity contribution in [1.82, 2.24) is 14.9 Å². The summed E-state index contributed by atoms with van der Waals surface area (Å²) in [5.41, 5.74) is 2.38. The highest BCUT2D eigenvalue weighted by Crippen LogP contribution is 2.39. The molecule has 0 amide bonds. The van der Waals surface area contributed by atoms with Gasteiger partial charge in [-0.15, -0.1) is 0 Å². The quantitative estimate of drug-likeness (QED) is 0.547. The molecular weight excluding hydrogens is 387 g/mol. The Labute approximate surface area is 175 Å². The molecule has 0 spiro atoms. The highest BCUT2D eigenvalue weighted by molar-refractivity contribution is 5.79. The predicted molar refractivity (Wildman–Crippen MR) is 113 cm³/mol. The summed E-state index contributed by atoms with van der Waals surface area (Å²) in [5.74, 6) is 1.30. The van der Waals surface area contributed by atoms with E-state index in [9.17, 15) is 13.2 Å². The van der Waals surface area contributed by atoms with Gasteiger partial charge in [-0.3, -0.25) is 0 Å².